The van der Waals surface area contributed by atoms with Gasteiger partial charge in [-0.15, -0.1) is 0 Å². The summed E-state index contributed by atoms with van der Waals surface area (Å²) in [6.45, 7) is 0. The molecule has 0 radical (unpaired) electrons. The Kier molecular flexibility index (Phi) is 3.16. The van der Waals surface area contributed by atoms with Crippen LogP contribution in [0.3, 0.4) is 0 Å². The quantitative estimate of drug-likeness (QED) is 0.850. The summed E-state index contributed by atoms with van der Waals surface area (Å²) in [6, 6.07) is 14.1. The number of carbonyl (C=O) groups excluding carboxylic acids is 1. The summed E-state index contributed by atoms with van der Waals surface area (Å²) in [5.74, 6) is 0.814. The highest BCUT2D eigenvalue weighted by Gasteiger charge is 2.91. The summed E-state index contributed by atoms with van der Waals surface area (Å²) in [4.78, 5) is 13.6. The van der Waals surface area contributed by atoms with Crippen LogP contribution in [0.4, 0.5) is 0 Å². The van der Waals surface area contributed by atoms with Crippen LogP contribution in [-0.2, 0) is 10.2 Å². The van der Waals surface area contributed by atoms with Crippen molar-refractivity contribution in [3.05, 3.63) is 35.9 Å². The minimum absolute atomic E-state index is 0.0391. The summed E-state index contributed by atoms with van der Waals surface area (Å²) < 4.78 is 0. The van der Waals surface area contributed by atoms with Gasteiger partial charge in [-0.1, -0.05) is 30.3 Å². The van der Waals surface area contributed by atoms with Crippen molar-refractivity contribution in [1.82, 2.24) is 5.32 Å². The van der Waals surface area contributed by atoms with Gasteiger partial charge in [0, 0.05) is 22.9 Å². The number of amides is 1. The second-order valence-electron chi connectivity index (χ2n) is 10.6. The number of benzene rings is 1. The molecule has 4 heteroatoms. The largest absolute Gasteiger partial charge is 0.353 e. The average molecular weight is 376 g/mol. The Balaban J connectivity index is 1.34. The van der Waals surface area contributed by atoms with Crippen molar-refractivity contribution < 1.29 is 4.79 Å². The van der Waals surface area contributed by atoms with Crippen molar-refractivity contribution in [3.8, 4) is 6.07 Å². The minimum Gasteiger partial charge on any atom is -0.353 e. The van der Waals surface area contributed by atoms with Crippen molar-refractivity contribution >= 4 is 5.91 Å². The van der Waals surface area contributed by atoms with Gasteiger partial charge in [0.1, 0.15) is 0 Å². The van der Waals surface area contributed by atoms with E-state index >= 15 is 0 Å². The Morgan fingerprint density at radius 1 is 1.07 bits per heavy atom. The van der Waals surface area contributed by atoms with Crippen LogP contribution in [0.25, 0.3) is 0 Å². The number of hydrogen-bond acceptors (Lipinski definition) is 3. The van der Waals surface area contributed by atoms with Crippen molar-refractivity contribution in [2.75, 3.05) is 0 Å². The Bertz CT molecular complexity index is 885. The van der Waals surface area contributed by atoms with Crippen LogP contribution in [0.1, 0.15) is 63.4 Å². The number of nitrogens with one attached hydrogen (secondary N) is 1. The lowest BCUT2D eigenvalue weighted by molar-refractivity contribution is -0.248. The standard InChI is InChI=1S/C24H29N3O/c25-15-22-11-17-10-21(20(28)27-19-8-6-18(26)7-9-19)12-23(14-22,24(17,22)13-21)16-4-2-1-3-5-16/h1-5,17-19H,6-14,26H2,(H,27,28). The number of carbonyl (C=O) groups is 1. The predicted molar refractivity (Wildman–Crippen MR) is 106 cm³/mol. The van der Waals surface area contributed by atoms with E-state index in [4.69, 9.17) is 5.73 Å². The highest BCUT2D eigenvalue weighted by atomic mass is 16.2. The van der Waals surface area contributed by atoms with Crippen LogP contribution in [0.2, 0.25) is 0 Å². The summed E-state index contributed by atoms with van der Waals surface area (Å²) in [7, 11) is 0. The Morgan fingerprint density at radius 2 is 1.82 bits per heavy atom. The van der Waals surface area contributed by atoms with E-state index in [0.29, 0.717) is 12.0 Å². The fourth-order valence-corrected chi connectivity index (χ4v) is 8.68. The molecule has 0 aliphatic heterocycles. The van der Waals surface area contributed by atoms with Crippen molar-refractivity contribution in [2.45, 2.75) is 75.3 Å². The first kappa shape index (κ1) is 17.0. The maximum atomic E-state index is 13.6. The summed E-state index contributed by atoms with van der Waals surface area (Å²) in [5, 5.41) is 13.5. The number of nitrogens with zero attached hydrogens (tertiary/aromatic N) is 1. The van der Waals surface area contributed by atoms with E-state index in [9.17, 15) is 10.1 Å². The fraction of sp³-hybridized carbons (Fsp3) is 0.667. The number of nitrogens with two attached hydrogens (primary N) is 1. The lowest BCUT2D eigenvalue weighted by Crippen LogP contribution is -2.75. The molecule has 5 aliphatic carbocycles. The van der Waals surface area contributed by atoms with Gasteiger partial charge in [-0.05, 0) is 69.3 Å². The lowest BCUT2D eigenvalue weighted by Gasteiger charge is -2.77. The Labute approximate surface area is 166 Å². The van der Waals surface area contributed by atoms with Crippen molar-refractivity contribution in [1.29, 1.82) is 5.26 Å². The molecule has 28 heavy (non-hydrogen) atoms. The van der Waals surface area contributed by atoms with E-state index in [0.717, 1.165) is 57.8 Å². The molecule has 5 unspecified atom stereocenters. The topological polar surface area (TPSA) is 78.9 Å². The molecule has 2 bridgehead atoms. The van der Waals surface area contributed by atoms with E-state index in [-0.39, 0.29) is 33.6 Å². The van der Waals surface area contributed by atoms with Gasteiger partial charge in [0.05, 0.1) is 16.9 Å². The number of nitriles is 1. The van der Waals surface area contributed by atoms with Gasteiger partial charge in [-0.25, -0.2) is 0 Å². The van der Waals surface area contributed by atoms with Crippen molar-refractivity contribution in [2.24, 2.45) is 27.9 Å². The number of rotatable bonds is 3. The molecule has 5 fully saturated rings. The maximum absolute atomic E-state index is 13.6. The van der Waals surface area contributed by atoms with Gasteiger partial charge in [0.2, 0.25) is 5.91 Å². The lowest BCUT2D eigenvalue weighted by atomic mass is 9.24. The molecule has 0 heterocycles. The van der Waals surface area contributed by atoms with Gasteiger partial charge in [-0.2, -0.15) is 5.26 Å². The first-order chi connectivity index (χ1) is 13.5. The Morgan fingerprint density at radius 3 is 2.54 bits per heavy atom. The second-order valence-corrected chi connectivity index (χ2v) is 10.6. The smallest absolute Gasteiger partial charge is 0.226 e. The van der Waals surface area contributed by atoms with Crippen LogP contribution in [0.15, 0.2) is 30.3 Å². The molecule has 1 amide bonds. The van der Waals surface area contributed by atoms with Crippen LogP contribution in [-0.4, -0.2) is 18.0 Å². The first-order valence-corrected chi connectivity index (χ1v) is 11.0. The molecule has 1 aromatic carbocycles. The zero-order chi connectivity index (χ0) is 19.2. The SMILES string of the molecule is N#CC12CC3CC4(C(=O)NC5CCC(N)CC5)CC(c5ccccc5)(C1)C32C4. The van der Waals surface area contributed by atoms with Gasteiger partial charge in [-0.3, -0.25) is 4.79 Å². The molecular weight excluding hydrogens is 346 g/mol. The third kappa shape index (κ3) is 1.70. The molecule has 4 nitrogen and oxygen atoms in total. The van der Waals surface area contributed by atoms with Gasteiger partial charge < -0.3 is 11.1 Å². The summed E-state index contributed by atoms with van der Waals surface area (Å²) >= 11 is 0. The molecule has 1 aromatic rings. The summed E-state index contributed by atoms with van der Waals surface area (Å²) in [5.41, 5.74) is 7.05. The van der Waals surface area contributed by atoms with E-state index in [1.807, 2.05) is 0 Å². The molecule has 5 aliphatic rings. The van der Waals surface area contributed by atoms with Crippen LogP contribution < -0.4 is 11.1 Å². The highest BCUT2D eigenvalue weighted by molar-refractivity contribution is 5.85. The monoisotopic (exact) mass is 375 g/mol. The number of hydrogen-bond donors (Lipinski definition) is 2. The Hall–Kier alpha value is -1.86. The van der Waals surface area contributed by atoms with E-state index in [2.05, 4.69) is 41.7 Å². The van der Waals surface area contributed by atoms with Crippen LogP contribution in [0, 0.1) is 33.5 Å². The zero-order valence-electron chi connectivity index (χ0n) is 16.4. The van der Waals surface area contributed by atoms with E-state index in [1.54, 1.807) is 0 Å². The van der Waals surface area contributed by atoms with Gasteiger partial charge in [0.15, 0.2) is 0 Å². The van der Waals surface area contributed by atoms with E-state index < -0.39 is 0 Å². The third-order valence-electron chi connectivity index (χ3n) is 9.63. The average Bonchev–Trinajstić information content (AvgIpc) is 3.17. The van der Waals surface area contributed by atoms with Crippen molar-refractivity contribution in [3.63, 3.8) is 0 Å². The molecule has 1 spiro atoms. The zero-order valence-corrected chi connectivity index (χ0v) is 16.4. The normalized spacial score (nSPS) is 50.1. The highest BCUT2D eigenvalue weighted by Crippen LogP contribution is 2.93. The third-order valence-corrected chi connectivity index (χ3v) is 9.63. The number of fused-ring (bicyclic) bond motifs is 1. The summed E-state index contributed by atoms with van der Waals surface area (Å²) in [6.07, 6.45) is 8.82. The molecule has 146 valence electrons. The predicted octanol–water partition coefficient (Wildman–Crippen LogP) is 3.41. The molecule has 5 saturated carbocycles. The first-order valence-electron chi connectivity index (χ1n) is 11.0. The molecule has 3 N–H and O–H groups in total. The van der Waals surface area contributed by atoms with E-state index in [1.165, 1.54) is 5.56 Å². The fourth-order valence-electron chi connectivity index (χ4n) is 8.68. The van der Waals surface area contributed by atoms with Crippen LogP contribution in [0.5, 0.6) is 0 Å². The maximum Gasteiger partial charge on any atom is 0.226 e. The van der Waals surface area contributed by atoms with Gasteiger partial charge >= 0.3 is 0 Å². The molecule has 5 atom stereocenters. The molecule has 0 saturated heterocycles. The second kappa shape index (κ2) is 5.19. The van der Waals surface area contributed by atoms with Gasteiger partial charge in [0.25, 0.3) is 0 Å². The molecule has 0 aromatic heterocycles. The molecule has 6 rings (SSSR count). The molecular formula is C24H29N3O. The van der Waals surface area contributed by atoms with Crippen LogP contribution >= 0.6 is 0 Å². The minimum atomic E-state index is -0.269.